The van der Waals surface area contributed by atoms with Gasteiger partial charge in [0.25, 0.3) is 5.56 Å². The molecule has 5 heteroatoms. The van der Waals surface area contributed by atoms with Crippen LogP contribution in [0.2, 0.25) is 0 Å². The largest absolute Gasteiger partial charge is 0.385 e. The third-order valence-corrected chi connectivity index (χ3v) is 3.74. The van der Waals surface area contributed by atoms with Gasteiger partial charge in [-0.25, -0.2) is 0 Å². The van der Waals surface area contributed by atoms with Crippen molar-refractivity contribution in [1.29, 1.82) is 5.26 Å². The number of rotatable bonds is 5. The van der Waals surface area contributed by atoms with E-state index in [4.69, 9.17) is 10.00 Å². The van der Waals surface area contributed by atoms with E-state index in [0.29, 0.717) is 18.7 Å². The summed E-state index contributed by atoms with van der Waals surface area (Å²) in [5.41, 5.74) is 2.91. The molecule has 0 aliphatic carbocycles. The van der Waals surface area contributed by atoms with Gasteiger partial charge in [-0.15, -0.1) is 0 Å². The van der Waals surface area contributed by atoms with Crippen molar-refractivity contribution in [3.63, 3.8) is 0 Å². The van der Waals surface area contributed by atoms with E-state index in [0.717, 1.165) is 31.6 Å². The maximum Gasteiger partial charge on any atom is 0.255 e. The molecular weight excluding hydrogens is 254 g/mol. The third kappa shape index (κ3) is 3.09. The summed E-state index contributed by atoms with van der Waals surface area (Å²) in [6.07, 6.45) is 1.88. The first-order chi connectivity index (χ1) is 9.67. The first-order valence-corrected chi connectivity index (χ1v) is 6.96. The molecule has 1 aromatic rings. The molecule has 108 valence electrons. The lowest BCUT2D eigenvalue weighted by atomic mass is 10.0. The lowest BCUT2D eigenvalue weighted by Crippen LogP contribution is -2.35. The molecule has 0 N–H and O–H groups in total. The molecule has 0 spiro atoms. The fourth-order valence-electron chi connectivity index (χ4n) is 2.74. The summed E-state index contributed by atoms with van der Waals surface area (Å²) >= 11 is 0. The van der Waals surface area contributed by atoms with Crippen LogP contribution in [0.4, 0.5) is 0 Å². The van der Waals surface area contributed by atoms with Crippen molar-refractivity contribution in [3.8, 4) is 6.07 Å². The molecule has 1 aliphatic heterocycles. The number of hydrogen-bond acceptors (Lipinski definition) is 4. The number of aromatic nitrogens is 1. The average Bonchev–Trinajstić information content (AvgIpc) is 2.43. The SMILES string of the molecule is COCCCn1c2c(cc(CC#N)c1=O)CN(C)CC2. The van der Waals surface area contributed by atoms with Gasteiger partial charge in [0, 0.05) is 51.0 Å². The smallest absolute Gasteiger partial charge is 0.255 e. The lowest BCUT2D eigenvalue weighted by molar-refractivity contribution is 0.189. The van der Waals surface area contributed by atoms with Crippen LogP contribution >= 0.6 is 0 Å². The maximum atomic E-state index is 12.5. The molecule has 0 saturated carbocycles. The molecule has 0 saturated heterocycles. The van der Waals surface area contributed by atoms with E-state index in [2.05, 4.69) is 18.0 Å². The highest BCUT2D eigenvalue weighted by Crippen LogP contribution is 2.18. The highest BCUT2D eigenvalue weighted by atomic mass is 16.5. The Kier molecular flexibility index (Phi) is 4.94. The predicted octanol–water partition coefficient (Wildman–Crippen LogP) is 0.939. The van der Waals surface area contributed by atoms with Crippen molar-refractivity contribution in [1.82, 2.24) is 9.47 Å². The molecule has 0 amide bonds. The van der Waals surface area contributed by atoms with Gasteiger partial charge in [0.2, 0.25) is 0 Å². The molecule has 0 radical (unpaired) electrons. The minimum absolute atomic E-state index is 0.00837. The number of nitrogens with zero attached hydrogens (tertiary/aromatic N) is 3. The van der Waals surface area contributed by atoms with Gasteiger partial charge in [-0.3, -0.25) is 4.79 Å². The first-order valence-electron chi connectivity index (χ1n) is 6.96. The number of likely N-dealkylation sites (N-methyl/N-ethyl adjacent to an activating group) is 1. The summed E-state index contributed by atoms with van der Waals surface area (Å²) in [6, 6.07) is 4.01. The Bertz CT molecular complexity index is 572. The predicted molar refractivity (Wildman–Crippen MR) is 76.6 cm³/mol. The highest BCUT2D eigenvalue weighted by Gasteiger charge is 2.19. The number of nitriles is 1. The fourth-order valence-corrected chi connectivity index (χ4v) is 2.74. The second-order valence-corrected chi connectivity index (χ2v) is 5.27. The van der Waals surface area contributed by atoms with Gasteiger partial charge >= 0.3 is 0 Å². The van der Waals surface area contributed by atoms with Crippen LogP contribution in [0, 0.1) is 11.3 Å². The van der Waals surface area contributed by atoms with Crippen LogP contribution in [0.15, 0.2) is 10.9 Å². The van der Waals surface area contributed by atoms with E-state index >= 15 is 0 Å². The van der Waals surface area contributed by atoms with Crippen LogP contribution in [-0.4, -0.2) is 36.8 Å². The van der Waals surface area contributed by atoms with Crippen molar-refractivity contribution in [2.75, 3.05) is 27.3 Å². The van der Waals surface area contributed by atoms with Crippen molar-refractivity contribution in [2.24, 2.45) is 0 Å². The van der Waals surface area contributed by atoms with Crippen molar-refractivity contribution >= 4 is 0 Å². The topological polar surface area (TPSA) is 58.3 Å². The quantitative estimate of drug-likeness (QED) is 0.750. The number of methoxy groups -OCH3 is 1. The number of ether oxygens (including phenoxy) is 1. The monoisotopic (exact) mass is 275 g/mol. The molecule has 2 rings (SSSR count). The molecule has 2 heterocycles. The molecule has 5 nitrogen and oxygen atoms in total. The molecular formula is C15H21N3O2. The zero-order valence-electron chi connectivity index (χ0n) is 12.2. The van der Waals surface area contributed by atoms with E-state index in [1.54, 1.807) is 7.11 Å². The van der Waals surface area contributed by atoms with Crippen LogP contribution in [0.1, 0.15) is 23.2 Å². The first kappa shape index (κ1) is 14.8. The summed E-state index contributed by atoms with van der Waals surface area (Å²) in [5.74, 6) is 0. The Balaban J connectivity index is 2.40. The Morgan fingerprint density at radius 1 is 1.50 bits per heavy atom. The van der Waals surface area contributed by atoms with Crippen LogP contribution in [0.25, 0.3) is 0 Å². The van der Waals surface area contributed by atoms with Gasteiger partial charge in [-0.1, -0.05) is 0 Å². The van der Waals surface area contributed by atoms with Gasteiger partial charge in [0.15, 0.2) is 0 Å². The number of hydrogen-bond donors (Lipinski definition) is 0. The molecule has 0 atom stereocenters. The van der Waals surface area contributed by atoms with Gasteiger partial charge in [0.1, 0.15) is 0 Å². The second-order valence-electron chi connectivity index (χ2n) is 5.27. The van der Waals surface area contributed by atoms with Crippen molar-refractivity contribution in [3.05, 3.63) is 33.2 Å². The number of pyridine rings is 1. The molecule has 1 aromatic heterocycles. The fraction of sp³-hybridized carbons (Fsp3) is 0.600. The minimum atomic E-state index is -0.00837. The van der Waals surface area contributed by atoms with Gasteiger partial charge < -0.3 is 14.2 Å². The number of fused-ring (bicyclic) bond motifs is 1. The summed E-state index contributed by atoms with van der Waals surface area (Å²) in [7, 11) is 3.74. The maximum absolute atomic E-state index is 12.5. The van der Waals surface area contributed by atoms with E-state index in [1.807, 2.05) is 10.6 Å². The molecule has 0 unspecified atom stereocenters. The molecule has 1 aliphatic rings. The normalized spacial score (nSPS) is 14.8. The van der Waals surface area contributed by atoms with Crippen molar-refractivity contribution < 1.29 is 4.74 Å². The standard InChI is InChI=1S/C15H21N3O2/c1-17-8-5-14-13(11-17)10-12(4-6-16)15(19)18(14)7-3-9-20-2/h10H,3-5,7-9,11H2,1-2H3. The summed E-state index contributed by atoms with van der Waals surface area (Å²) < 4.78 is 6.92. The Morgan fingerprint density at radius 2 is 2.30 bits per heavy atom. The van der Waals surface area contributed by atoms with E-state index in [-0.39, 0.29) is 12.0 Å². The van der Waals surface area contributed by atoms with E-state index in [9.17, 15) is 4.79 Å². The van der Waals surface area contributed by atoms with Gasteiger partial charge in [-0.2, -0.15) is 5.26 Å². The molecule has 0 fully saturated rings. The minimum Gasteiger partial charge on any atom is -0.385 e. The van der Waals surface area contributed by atoms with Crippen LogP contribution in [-0.2, 0) is 30.7 Å². The Morgan fingerprint density at radius 3 is 3.00 bits per heavy atom. The average molecular weight is 275 g/mol. The Hall–Kier alpha value is -1.64. The Labute approximate surface area is 119 Å². The highest BCUT2D eigenvalue weighted by molar-refractivity contribution is 5.30. The summed E-state index contributed by atoms with van der Waals surface area (Å²) in [6.45, 7) is 3.12. The zero-order chi connectivity index (χ0) is 14.5. The van der Waals surface area contributed by atoms with Crippen LogP contribution in [0.3, 0.4) is 0 Å². The van der Waals surface area contributed by atoms with Crippen LogP contribution < -0.4 is 5.56 Å². The lowest BCUT2D eigenvalue weighted by Gasteiger charge is -2.28. The summed E-state index contributed by atoms with van der Waals surface area (Å²) in [4.78, 5) is 14.7. The van der Waals surface area contributed by atoms with E-state index < -0.39 is 0 Å². The zero-order valence-corrected chi connectivity index (χ0v) is 12.2. The van der Waals surface area contributed by atoms with Gasteiger partial charge in [-0.05, 0) is 25.1 Å². The van der Waals surface area contributed by atoms with Crippen LogP contribution in [0.5, 0.6) is 0 Å². The second kappa shape index (κ2) is 6.69. The van der Waals surface area contributed by atoms with E-state index in [1.165, 1.54) is 5.56 Å². The molecule has 0 bridgehead atoms. The summed E-state index contributed by atoms with van der Waals surface area (Å²) in [5, 5.41) is 8.88. The van der Waals surface area contributed by atoms with Gasteiger partial charge in [0.05, 0.1) is 12.5 Å². The van der Waals surface area contributed by atoms with Crippen molar-refractivity contribution in [2.45, 2.75) is 32.4 Å². The third-order valence-electron chi connectivity index (χ3n) is 3.74. The molecule has 20 heavy (non-hydrogen) atoms. The molecule has 0 aromatic carbocycles.